The van der Waals surface area contributed by atoms with Crippen molar-refractivity contribution >= 4 is 23.6 Å². The molecule has 2 rings (SSSR count). The number of anilines is 1. The highest BCUT2D eigenvalue weighted by molar-refractivity contribution is 6.02. The molecule has 0 aliphatic carbocycles. The average Bonchev–Trinajstić information content (AvgIpc) is 2.90. The fourth-order valence-corrected chi connectivity index (χ4v) is 3.81. The fraction of sp³-hybridized carbons (Fsp3) is 0.407. The maximum Gasteiger partial charge on any atom is 0.367 e. The van der Waals surface area contributed by atoms with Gasteiger partial charge in [0.05, 0.1) is 53.6 Å². The summed E-state index contributed by atoms with van der Waals surface area (Å²) >= 11 is 0. The molecule has 0 unspecified atom stereocenters. The minimum absolute atomic E-state index is 0.240. The Hall–Kier alpha value is -3.72. The summed E-state index contributed by atoms with van der Waals surface area (Å²) in [6, 6.07) is 8.27. The maximum absolute atomic E-state index is 12.7. The zero-order chi connectivity index (χ0) is 26.7. The second-order valence-corrected chi connectivity index (χ2v) is 8.06. The third-order valence-electron chi connectivity index (χ3n) is 6.29. The van der Waals surface area contributed by atoms with Crippen LogP contribution in [0.1, 0.15) is 26.3 Å². The van der Waals surface area contributed by atoms with Gasteiger partial charge in [0.25, 0.3) is 0 Å². The van der Waals surface area contributed by atoms with Gasteiger partial charge >= 0.3 is 5.97 Å². The van der Waals surface area contributed by atoms with Crippen LogP contribution >= 0.6 is 0 Å². The number of benzene rings is 2. The van der Waals surface area contributed by atoms with Gasteiger partial charge in [-0.1, -0.05) is 0 Å². The van der Waals surface area contributed by atoms with Crippen LogP contribution in [0.25, 0.3) is 6.08 Å². The van der Waals surface area contributed by atoms with Gasteiger partial charge in [-0.05, 0) is 39.0 Å². The zero-order valence-corrected chi connectivity index (χ0v) is 22.2. The molecule has 0 saturated carbocycles. The second kappa shape index (κ2) is 13.4. The summed E-state index contributed by atoms with van der Waals surface area (Å²) in [5.74, 6) is 1.44. The minimum atomic E-state index is -0.393. The normalized spacial score (nSPS) is 11.2. The summed E-state index contributed by atoms with van der Waals surface area (Å²) in [4.78, 5) is 25.4. The van der Waals surface area contributed by atoms with E-state index in [0.717, 1.165) is 19.6 Å². The van der Waals surface area contributed by atoms with Crippen molar-refractivity contribution in [2.45, 2.75) is 20.8 Å². The number of likely N-dealkylation sites (N-methyl/N-ethyl adjacent to an activating group) is 1. The smallest absolute Gasteiger partial charge is 0.367 e. The van der Waals surface area contributed by atoms with Gasteiger partial charge in [-0.2, -0.15) is 0 Å². The molecule has 0 saturated heterocycles. The lowest BCUT2D eigenvalue weighted by molar-refractivity contribution is -0.916. The van der Waals surface area contributed by atoms with E-state index in [1.54, 1.807) is 43.5 Å². The first-order valence-electron chi connectivity index (χ1n) is 11.8. The summed E-state index contributed by atoms with van der Waals surface area (Å²) in [6.45, 7) is 8.89. The average molecular weight is 502 g/mol. The van der Waals surface area contributed by atoms with Crippen LogP contribution in [-0.2, 0) is 9.59 Å². The standard InChI is InChI=1S/C27H36N2O7/c1-8-29(9-2,10-3)18-27(31)36-25-15-19(11-13-22(25)33-5)28-26(30)14-12-21-23(34-6)16-20(32-4)17-24(21)35-7/h11-17H,8-10,18H2,1-7H3/p+1. The van der Waals surface area contributed by atoms with Gasteiger partial charge in [0, 0.05) is 30.0 Å². The molecular weight excluding hydrogens is 464 g/mol. The molecule has 1 amide bonds. The number of carbonyl (C=O) groups is 2. The molecule has 0 radical (unpaired) electrons. The summed E-state index contributed by atoms with van der Waals surface area (Å²) < 4.78 is 27.7. The van der Waals surface area contributed by atoms with Crippen LogP contribution in [0.5, 0.6) is 28.7 Å². The van der Waals surface area contributed by atoms with E-state index in [2.05, 4.69) is 26.1 Å². The van der Waals surface area contributed by atoms with Gasteiger partial charge in [0.15, 0.2) is 18.0 Å². The van der Waals surface area contributed by atoms with Gasteiger partial charge in [-0.15, -0.1) is 0 Å². The molecule has 0 heterocycles. The summed E-state index contributed by atoms with van der Waals surface area (Å²) in [7, 11) is 6.09. The van der Waals surface area contributed by atoms with Crippen LogP contribution in [0.2, 0.25) is 0 Å². The monoisotopic (exact) mass is 501 g/mol. The summed E-state index contributed by atoms with van der Waals surface area (Å²) in [5, 5.41) is 2.77. The first kappa shape index (κ1) is 28.5. The number of nitrogens with one attached hydrogen (secondary N) is 1. The van der Waals surface area contributed by atoms with E-state index in [4.69, 9.17) is 23.7 Å². The van der Waals surface area contributed by atoms with Gasteiger partial charge in [0.2, 0.25) is 5.91 Å². The number of esters is 1. The highest BCUT2D eigenvalue weighted by Crippen LogP contribution is 2.35. The van der Waals surface area contributed by atoms with Crippen molar-refractivity contribution in [1.29, 1.82) is 0 Å². The topological polar surface area (TPSA) is 92.3 Å². The molecule has 2 aromatic rings. The van der Waals surface area contributed by atoms with E-state index >= 15 is 0 Å². The lowest BCUT2D eigenvalue weighted by Crippen LogP contribution is -2.51. The lowest BCUT2D eigenvalue weighted by Gasteiger charge is -2.34. The molecule has 0 atom stereocenters. The second-order valence-electron chi connectivity index (χ2n) is 8.06. The molecule has 1 N–H and O–H groups in total. The Morgan fingerprint density at radius 3 is 1.89 bits per heavy atom. The lowest BCUT2D eigenvalue weighted by atomic mass is 10.1. The molecule has 0 spiro atoms. The van der Waals surface area contributed by atoms with E-state index in [1.807, 2.05) is 0 Å². The van der Waals surface area contributed by atoms with E-state index in [9.17, 15) is 9.59 Å². The molecule has 9 nitrogen and oxygen atoms in total. The van der Waals surface area contributed by atoms with Crippen molar-refractivity contribution in [3.05, 3.63) is 42.0 Å². The van der Waals surface area contributed by atoms with E-state index in [1.165, 1.54) is 27.4 Å². The molecule has 0 aliphatic heterocycles. The molecule has 196 valence electrons. The van der Waals surface area contributed by atoms with Gasteiger partial charge < -0.3 is 33.5 Å². The van der Waals surface area contributed by atoms with Crippen LogP contribution < -0.4 is 29.0 Å². The first-order chi connectivity index (χ1) is 17.3. The number of hydrogen-bond acceptors (Lipinski definition) is 7. The first-order valence-corrected chi connectivity index (χ1v) is 11.8. The molecule has 36 heavy (non-hydrogen) atoms. The molecule has 2 aromatic carbocycles. The maximum atomic E-state index is 12.7. The molecule has 0 aromatic heterocycles. The van der Waals surface area contributed by atoms with Crippen molar-refractivity contribution in [2.24, 2.45) is 0 Å². The van der Waals surface area contributed by atoms with Gasteiger partial charge in [-0.3, -0.25) is 4.79 Å². The van der Waals surface area contributed by atoms with Crippen LogP contribution in [0, 0.1) is 0 Å². The Balaban J connectivity index is 2.21. The third kappa shape index (κ3) is 7.14. The molecule has 9 heteroatoms. The van der Waals surface area contributed by atoms with Gasteiger partial charge in [0.1, 0.15) is 17.2 Å². The quantitative estimate of drug-likeness (QED) is 0.191. The number of methoxy groups -OCH3 is 4. The van der Waals surface area contributed by atoms with E-state index < -0.39 is 5.91 Å². The number of hydrogen-bond donors (Lipinski definition) is 1. The van der Waals surface area contributed by atoms with Crippen molar-refractivity contribution in [2.75, 3.05) is 59.9 Å². The predicted molar refractivity (Wildman–Crippen MR) is 139 cm³/mol. The Morgan fingerprint density at radius 1 is 0.806 bits per heavy atom. The van der Waals surface area contributed by atoms with Crippen molar-refractivity contribution in [3.8, 4) is 28.7 Å². The largest absolute Gasteiger partial charge is 0.496 e. The predicted octanol–water partition coefficient (Wildman–Crippen LogP) is 4.15. The number of amides is 1. The summed E-state index contributed by atoms with van der Waals surface area (Å²) in [6.07, 6.45) is 2.95. The van der Waals surface area contributed by atoms with Crippen LogP contribution in [0.3, 0.4) is 0 Å². The van der Waals surface area contributed by atoms with Crippen molar-refractivity contribution < 1.29 is 37.8 Å². The number of ether oxygens (including phenoxy) is 5. The number of rotatable bonds is 13. The van der Waals surface area contributed by atoms with Crippen molar-refractivity contribution in [3.63, 3.8) is 0 Å². The Bertz CT molecular complexity index is 1040. The van der Waals surface area contributed by atoms with Gasteiger partial charge in [-0.25, -0.2) is 4.79 Å². The van der Waals surface area contributed by atoms with E-state index in [0.29, 0.717) is 38.7 Å². The third-order valence-corrected chi connectivity index (χ3v) is 6.29. The number of nitrogens with zero attached hydrogens (tertiary/aromatic N) is 1. The zero-order valence-electron chi connectivity index (χ0n) is 22.2. The molecule has 0 bridgehead atoms. The highest BCUT2D eigenvalue weighted by Gasteiger charge is 2.26. The Labute approximate surface area is 213 Å². The van der Waals surface area contributed by atoms with E-state index in [-0.39, 0.29) is 18.3 Å². The number of quaternary nitrogens is 1. The van der Waals surface area contributed by atoms with Crippen LogP contribution in [0.15, 0.2) is 36.4 Å². The molecule has 0 fully saturated rings. The van der Waals surface area contributed by atoms with Crippen molar-refractivity contribution in [1.82, 2.24) is 0 Å². The Morgan fingerprint density at radius 2 is 1.39 bits per heavy atom. The minimum Gasteiger partial charge on any atom is -0.496 e. The number of carbonyl (C=O) groups excluding carboxylic acids is 2. The molecular formula is C27H37N2O7+. The highest BCUT2D eigenvalue weighted by atomic mass is 16.6. The Kier molecular flexibility index (Phi) is 10.6. The van der Waals surface area contributed by atoms with Crippen LogP contribution in [-0.4, -0.2) is 71.0 Å². The van der Waals surface area contributed by atoms with Crippen LogP contribution in [0.4, 0.5) is 5.69 Å². The SMILES string of the molecule is CC[N+](CC)(CC)CC(=O)Oc1cc(NC(=O)C=Cc2c(OC)cc(OC)cc2OC)ccc1OC. The fourth-order valence-electron chi connectivity index (χ4n) is 3.81. The molecule has 0 aliphatic rings. The summed E-state index contributed by atoms with van der Waals surface area (Å²) in [5.41, 5.74) is 1.04.